The summed E-state index contributed by atoms with van der Waals surface area (Å²) in [7, 11) is 1.57. The van der Waals surface area contributed by atoms with Gasteiger partial charge in [0.1, 0.15) is 11.3 Å². The third kappa shape index (κ3) is 3.47. The number of rotatable bonds is 3. The van der Waals surface area contributed by atoms with Gasteiger partial charge in [-0.1, -0.05) is 29.8 Å². The number of halogens is 1. The Balaban J connectivity index is 1.99. The smallest absolute Gasteiger partial charge is 0.270 e. The molecule has 0 radical (unpaired) electrons. The van der Waals surface area contributed by atoms with Gasteiger partial charge in [-0.25, -0.2) is 0 Å². The van der Waals surface area contributed by atoms with Crippen molar-refractivity contribution in [1.29, 1.82) is 0 Å². The molecule has 1 aliphatic heterocycles. The van der Waals surface area contributed by atoms with E-state index < -0.39 is 11.8 Å². The van der Waals surface area contributed by atoms with E-state index in [0.29, 0.717) is 22.0 Å². The zero-order valence-corrected chi connectivity index (χ0v) is 15.6. The summed E-state index contributed by atoms with van der Waals surface area (Å²) in [5.74, 6) is -0.358. The first kappa shape index (κ1) is 18.1. The van der Waals surface area contributed by atoms with E-state index in [1.165, 1.54) is 11.0 Å². The Labute approximate surface area is 161 Å². The number of hydrogen-bond acceptors (Lipinski definition) is 4. The van der Waals surface area contributed by atoms with Crippen LogP contribution in [0.2, 0.25) is 5.02 Å². The molecule has 1 aliphatic rings. The minimum absolute atomic E-state index is 0.0135. The average Bonchev–Trinajstić information content (AvgIpc) is 2.62. The molecule has 1 saturated heterocycles. The van der Waals surface area contributed by atoms with Gasteiger partial charge in [-0.05, 0) is 60.6 Å². The number of nitrogens with one attached hydrogen (secondary N) is 1. The van der Waals surface area contributed by atoms with E-state index in [2.05, 4.69) is 5.32 Å². The number of nitrogens with zero attached hydrogens (tertiary/aromatic N) is 1. The number of thiocarbonyl (C=S) groups is 1. The van der Waals surface area contributed by atoms with Gasteiger partial charge < -0.3 is 4.74 Å². The lowest BCUT2D eigenvalue weighted by molar-refractivity contribution is -0.122. The van der Waals surface area contributed by atoms with Crippen LogP contribution in [0.5, 0.6) is 5.75 Å². The van der Waals surface area contributed by atoms with Crippen LogP contribution in [-0.2, 0) is 9.59 Å². The van der Waals surface area contributed by atoms with Crippen molar-refractivity contribution in [2.75, 3.05) is 12.0 Å². The zero-order valence-electron chi connectivity index (χ0n) is 14.1. The first-order chi connectivity index (χ1) is 12.4. The summed E-state index contributed by atoms with van der Waals surface area (Å²) >= 11 is 11.3. The second kappa shape index (κ2) is 7.27. The van der Waals surface area contributed by atoms with Crippen molar-refractivity contribution >= 4 is 52.5 Å². The van der Waals surface area contributed by atoms with Crippen LogP contribution in [0.1, 0.15) is 11.1 Å². The zero-order chi connectivity index (χ0) is 18.8. The number of carbonyl (C=O) groups is 2. The lowest BCUT2D eigenvalue weighted by Gasteiger charge is -2.29. The van der Waals surface area contributed by atoms with Crippen molar-refractivity contribution in [3.63, 3.8) is 0 Å². The third-order valence-electron chi connectivity index (χ3n) is 3.94. The van der Waals surface area contributed by atoms with Crippen LogP contribution in [0.4, 0.5) is 5.69 Å². The van der Waals surface area contributed by atoms with Crippen LogP contribution >= 0.6 is 23.8 Å². The molecule has 0 aliphatic carbocycles. The summed E-state index contributed by atoms with van der Waals surface area (Å²) in [5.41, 5.74) is 2.06. The number of ether oxygens (including phenoxy) is 1. The highest BCUT2D eigenvalue weighted by atomic mass is 35.5. The van der Waals surface area contributed by atoms with Crippen LogP contribution in [0, 0.1) is 6.92 Å². The maximum Gasteiger partial charge on any atom is 0.270 e. The number of carbonyl (C=O) groups excluding carboxylic acids is 2. The predicted octanol–water partition coefficient (Wildman–Crippen LogP) is 3.49. The lowest BCUT2D eigenvalue weighted by atomic mass is 10.1. The molecule has 1 fully saturated rings. The minimum atomic E-state index is -0.537. The molecule has 26 heavy (non-hydrogen) atoms. The molecule has 2 amide bonds. The number of aryl methyl sites for hydroxylation is 1. The lowest BCUT2D eigenvalue weighted by Crippen LogP contribution is -2.54. The molecule has 3 rings (SSSR count). The van der Waals surface area contributed by atoms with E-state index in [9.17, 15) is 9.59 Å². The van der Waals surface area contributed by atoms with Gasteiger partial charge >= 0.3 is 0 Å². The molecule has 2 aromatic rings. The number of methoxy groups -OCH3 is 1. The van der Waals surface area contributed by atoms with Crippen molar-refractivity contribution < 1.29 is 14.3 Å². The van der Waals surface area contributed by atoms with E-state index >= 15 is 0 Å². The molecule has 0 spiro atoms. The van der Waals surface area contributed by atoms with E-state index in [0.717, 1.165) is 5.56 Å². The Morgan fingerprint density at radius 3 is 2.46 bits per heavy atom. The molecule has 5 nitrogen and oxygen atoms in total. The Bertz CT molecular complexity index is 938. The Morgan fingerprint density at radius 2 is 1.85 bits per heavy atom. The number of hydrogen-bond donors (Lipinski definition) is 1. The minimum Gasteiger partial charge on any atom is -0.497 e. The van der Waals surface area contributed by atoms with E-state index in [1.54, 1.807) is 49.6 Å². The molecule has 2 aromatic carbocycles. The van der Waals surface area contributed by atoms with Crippen molar-refractivity contribution in [3.05, 3.63) is 64.2 Å². The quantitative estimate of drug-likeness (QED) is 0.498. The van der Waals surface area contributed by atoms with Crippen LogP contribution in [0.25, 0.3) is 6.08 Å². The second-order valence-corrected chi connectivity index (χ2v) is 6.46. The van der Waals surface area contributed by atoms with E-state index in [1.807, 2.05) is 6.92 Å². The molecule has 0 atom stereocenters. The Hall–Kier alpha value is -2.70. The number of amides is 2. The third-order valence-corrected chi connectivity index (χ3v) is 4.63. The molecule has 132 valence electrons. The van der Waals surface area contributed by atoms with Gasteiger partial charge in [-0.15, -0.1) is 0 Å². The normalized spacial score (nSPS) is 16.0. The highest BCUT2D eigenvalue weighted by Crippen LogP contribution is 2.27. The monoisotopic (exact) mass is 386 g/mol. The maximum atomic E-state index is 12.9. The van der Waals surface area contributed by atoms with Gasteiger partial charge in [0.2, 0.25) is 0 Å². The Kier molecular flexibility index (Phi) is 5.06. The van der Waals surface area contributed by atoms with Crippen molar-refractivity contribution in [1.82, 2.24) is 5.32 Å². The summed E-state index contributed by atoms with van der Waals surface area (Å²) < 4.78 is 5.11. The van der Waals surface area contributed by atoms with Crippen LogP contribution in [0.15, 0.2) is 48.0 Å². The number of benzene rings is 2. The molecule has 0 saturated carbocycles. The molecular weight excluding hydrogens is 372 g/mol. The number of anilines is 1. The summed E-state index contributed by atoms with van der Waals surface area (Å²) in [6, 6.07) is 12.2. The first-order valence-corrected chi connectivity index (χ1v) is 8.51. The van der Waals surface area contributed by atoms with Gasteiger partial charge in [0, 0.05) is 5.02 Å². The van der Waals surface area contributed by atoms with Gasteiger partial charge in [0.15, 0.2) is 5.11 Å². The van der Waals surface area contributed by atoms with Gasteiger partial charge in [0.25, 0.3) is 11.8 Å². The molecule has 0 bridgehead atoms. The van der Waals surface area contributed by atoms with Gasteiger partial charge in [0.05, 0.1) is 12.8 Å². The van der Waals surface area contributed by atoms with Crippen molar-refractivity contribution in [3.8, 4) is 5.75 Å². The highest BCUT2D eigenvalue weighted by Gasteiger charge is 2.34. The maximum absolute atomic E-state index is 12.9. The van der Waals surface area contributed by atoms with Crippen LogP contribution in [-0.4, -0.2) is 24.0 Å². The summed E-state index contributed by atoms with van der Waals surface area (Å²) in [6.45, 7) is 1.86. The van der Waals surface area contributed by atoms with E-state index in [-0.39, 0.29) is 10.7 Å². The fourth-order valence-electron chi connectivity index (χ4n) is 2.48. The van der Waals surface area contributed by atoms with Crippen LogP contribution < -0.4 is 15.0 Å². The molecule has 1 N–H and O–H groups in total. The van der Waals surface area contributed by atoms with Crippen LogP contribution in [0.3, 0.4) is 0 Å². The first-order valence-electron chi connectivity index (χ1n) is 7.72. The van der Waals surface area contributed by atoms with Crippen molar-refractivity contribution in [2.24, 2.45) is 0 Å². The van der Waals surface area contributed by atoms with E-state index in [4.69, 9.17) is 28.6 Å². The average molecular weight is 387 g/mol. The topological polar surface area (TPSA) is 58.6 Å². The van der Waals surface area contributed by atoms with Crippen molar-refractivity contribution in [2.45, 2.75) is 6.92 Å². The summed E-state index contributed by atoms with van der Waals surface area (Å²) in [6.07, 6.45) is 1.52. The molecule has 7 heteroatoms. The molecule has 0 aromatic heterocycles. The molecule has 0 unspecified atom stereocenters. The van der Waals surface area contributed by atoms with Gasteiger partial charge in [-0.2, -0.15) is 0 Å². The summed E-state index contributed by atoms with van der Waals surface area (Å²) in [4.78, 5) is 26.4. The SMILES string of the molecule is COc1ccc(/C=C2\C(=O)NC(=S)N(c3ccc(C)c(Cl)c3)C2=O)cc1. The standard InChI is InChI=1S/C19H15ClN2O3S/c1-11-3-6-13(10-16(11)20)22-18(24)15(17(23)21-19(22)26)9-12-4-7-14(25-2)8-5-12/h3-10H,1-2H3,(H,21,23,26)/b15-9+. The predicted molar refractivity (Wildman–Crippen MR) is 105 cm³/mol. The fraction of sp³-hybridized carbons (Fsp3) is 0.105. The largest absolute Gasteiger partial charge is 0.497 e. The molecule has 1 heterocycles. The fourth-order valence-corrected chi connectivity index (χ4v) is 2.94. The second-order valence-electron chi connectivity index (χ2n) is 5.66. The summed E-state index contributed by atoms with van der Waals surface area (Å²) in [5, 5.41) is 3.08. The molecular formula is C19H15ClN2O3S. The van der Waals surface area contributed by atoms with Gasteiger partial charge in [-0.3, -0.25) is 19.8 Å². The Morgan fingerprint density at radius 1 is 1.15 bits per heavy atom. The highest BCUT2D eigenvalue weighted by molar-refractivity contribution is 7.80.